The number of carbonyl (C=O) groups is 5. The number of amides is 3. The van der Waals surface area contributed by atoms with Crippen molar-refractivity contribution in [3.05, 3.63) is 136 Å². The van der Waals surface area contributed by atoms with Gasteiger partial charge in [-0.05, 0) is 104 Å². The van der Waals surface area contributed by atoms with Crippen molar-refractivity contribution in [3.63, 3.8) is 0 Å². The number of nitrogens with one attached hydrogen (secondary N) is 2. The van der Waals surface area contributed by atoms with Crippen LogP contribution in [0.1, 0.15) is 125 Å². The molecule has 0 spiro atoms. The molecule has 4 aromatic carbocycles. The highest BCUT2D eigenvalue weighted by Crippen LogP contribution is 2.62. The Hall–Kier alpha value is -6.82. The molecule has 1 saturated heterocycles. The van der Waals surface area contributed by atoms with E-state index in [9.17, 15) is 34.3 Å². The summed E-state index contributed by atoms with van der Waals surface area (Å²) in [4.78, 5) is 73.7. The number of likely N-dealkylation sites (tertiary alicyclic amines) is 1. The summed E-state index contributed by atoms with van der Waals surface area (Å²) in [6.45, 7) is 17.5. The van der Waals surface area contributed by atoms with Gasteiger partial charge in [0.05, 0.1) is 22.7 Å². The summed E-state index contributed by atoms with van der Waals surface area (Å²) in [6.07, 6.45) is 2.58. The lowest BCUT2D eigenvalue weighted by Crippen LogP contribution is -2.66. The molecule has 14 nitrogen and oxygen atoms in total. The van der Waals surface area contributed by atoms with Crippen LogP contribution in [0.3, 0.4) is 0 Å². The number of β-amino-alcohol motifs (C(OH)–C–C–N with tert-alkyl or cyclic N) is 1. The van der Waals surface area contributed by atoms with Gasteiger partial charge in [-0.3, -0.25) is 24.0 Å². The first-order valence-corrected chi connectivity index (χ1v) is 24.3. The third-order valence-corrected chi connectivity index (χ3v) is 14.5. The Kier molecular flexibility index (Phi) is 15.3. The van der Waals surface area contributed by atoms with Gasteiger partial charge in [0, 0.05) is 78.3 Å². The normalized spacial score (nSPS) is 19.9. The number of rotatable bonds is 17. The van der Waals surface area contributed by atoms with Crippen LogP contribution < -0.4 is 20.1 Å². The molecule has 5 aromatic rings. The van der Waals surface area contributed by atoms with Gasteiger partial charge in [0.25, 0.3) is 0 Å². The number of halogens is 1. The summed E-state index contributed by atoms with van der Waals surface area (Å²) in [6, 6.07) is 25.9. The Labute approximate surface area is 420 Å². The van der Waals surface area contributed by atoms with E-state index in [0.717, 1.165) is 17.1 Å². The largest absolute Gasteiger partial charge is 0.489 e. The Balaban J connectivity index is 0.884. The lowest BCUT2D eigenvalue weighted by atomic mass is 9.44. The number of carbonyl (C=O) groups excluding carboxylic acids is 5. The van der Waals surface area contributed by atoms with Crippen molar-refractivity contribution in [1.82, 2.24) is 25.1 Å². The first-order valence-electron chi connectivity index (χ1n) is 24.0. The van der Waals surface area contributed by atoms with Crippen LogP contribution >= 0.6 is 11.6 Å². The van der Waals surface area contributed by atoms with Crippen molar-refractivity contribution >= 4 is 40.9 Å². The van der Waals surface area contributed by atoms with E-state index in [0.29, 0.717) is 45.4 Å². The van der Waals surface area contributed by atoms with Gasteiger partial charge in [-0.15, -0.1) is 0 Å². The zero-order valence-electron chi connectivity index (χ0n) is 41.8. The first-order chi connectivity index (χ1) is 33.5. The molecule has 1 aromatic heterocycles. The van der Waals surface area contributed by atoms with Gasteiger partial charge < -0.3 is 34.7 Å². The highest BCUT2D eigenvalue weighted by Gasteiger charge is 2.63. The molecule has 1 aliphatic heterocycles. The SMILES string of the molecule is Cc1nccn1-c1ccc([C@H](C)NC(=O)[C@@H]2C[C@@H](O)CN2C(=O)[C@@H](NC(=O)CCC(=O)c2ccc(Oc3ccc(C(=O)CC4C(C)(C)C(Oc5ccc(C#N)c(Cl)c5)C4(C)C)cc3)cc2)C(C)(C)C)cc1. The fourth-order valence-corrected chi connectivity index (χ4v) is 10.6. The number of hydrogen-bond donors (Lipinski definition) is 3. The lowest BCUT2D eigenvalue weighted by Gasteiger charge is -2.63. The summed E-state index contributed by atoms with van der Waals surface area (Å²) in [5.41, 5.74) is 1.70. The second-order valence-electron chi connectivity index (χ2n) is 21.1. The van der Waals surface area contributed by atoms with Crippen LogP contribution in [0.25, 0.3) is 5.69 Å². The molecule has 15 heteroatoms. The minimum Gasteiger partial charge on any atom is -0.489 e. The Morgan fingerprint density at radius 2 is 1.45 bits per heavy atom. The van der Waals surface area contributed by atoms with E-state index in [4.69, 9.17) is 21.1 Å². The highest BCUT2D eigenvalue weighted by atomic mass is 35.5. The topological polar surface area (TPSA) is 193 Å². The van der Waals surface area contributed by atoms with Crippen molar-refractivity contribution in [2.24, 2.45) is 22.2 Å². The van der Waals surface area contributed by atoms with E-state index < -0.39 is 47.4 Å². The fourth-order valence-electron chi connectivity index (χ4n) is 10.4. The molecule has 3 amide bonds. The monoisotopic (exact) mass is 982 g/mol. The number of imidazole rings is 1. The van der Waals surface area contributed by atoms with E-state index in [-0.39, 0.29) is 60.2 Å². The van der Waals surface area contributed by atoms with Crippen LogP contribution in [0, 0.1) is 40.4 Å². The molecule has 2 aliphatic rings. The fraction of sp³-hybridized carbons (Fsp3) is 0.411. The third kappa shape index (κ3) is 11.5. The number of ketones is 2. The van der Waals surface area contributed by atoms with Crippen LogP contribution in [0.5, 0.6) is 17.2 Å². The summed E-state index contributed by atoms with van der Waals surface area (Å²) >= 11 is 6.25. The molecular formula is C56H63ClN6O8. The van der Waals surface area contributed by atoms with Crippen molar-refractivity contribution in [1.29, 1.82) is 5.26 Å². The maximum absolute atomic E-state index is 14.2. The molecule has 1 saturated carbocycles. The standard InChI is InChI=1S/C56H63ClN6O8/c1-33(35-10-17-39(18-11-35)62-27-26-59-34(62)2)60-51(68)45-28-40(64)32-63(45)52(69)50(54(3,4)5)61-49(67)25-24-46(65)36-12-19-41(20-13-36)70-42-21-14-37(15-22-42)47(66)30-48-55(6,7)53(56(48,8)9)71-43-23-16-38(31-58)44(57)29-43/h10-23,26-27,29,33,40,45,48,50,53,64H,24-25,28,30,32H2,1-9H3,(H,60,68)(H,61,67)/t33-,40+,45-,48?,50+,53?/m0/s1. The van der Waals surface area contributed by atoms with E-state index in [1.165, 1.54) is 4.90 Å². The number of benzene rings is 4. The van der Waals surface area contributed by atoms with Crippen LogP contribution in [0.2, 0.25) is 5.02 Å². The van der Waals surface area contributed by atoms with E-state index >= 15 is 0 Å². The summed E-state index contributed by atoms with van der Waals surface area (Å²) in [7, 11) is 0. The minimum absolute atomic E-state index is 0.00519. The molecule has 71 heavy (non-hydrogen) atoms. The van der Waals surface area contributed by atoms with Crippen molar-refractivity contribution in [2.45, 2.75) is 118 Å². The van der Waals surface area contributed by atoms with E-state index in [1.54, 1.807) is 93.7 Å². The van der Waals surface area contributed by atoms with Crippen molar-refractivity contribution < 1.29 is 38.6 Å². The Morgan fingerprint density at radius 3 is 2.00 bits per heavy atom. The minimum atomic E-state index is -1.04. The van der Waals surface area contributed by atoms with Crippen LogP contribution in [0.15, 0.2) is 103 Å². The smallest absolute Gasteiger partial charge is 0.246 e. The van der Waals surface area contributed by atoms with Gasteiger partial charge in [0.2, 0.25) is 17.7 Å². The van der Waals surface area contributed by atoms with Crippen molar-refractivity contribution in [2.75, 3.05) is 6.54 Å². The van der Waals surface area contributed by atoms with Gasteiger partial charge in [0.1, 0.15) is 47.3 Å². The first kappa shape index (κ1) is 52.0. The molecule has 2 heterocycles. The maximum Gasteiger partial charge on any atom is 0.246 e. The van der Waals surface area contributed by atoms with Gasteiger partial charge in [-0.1, -0.05) is 72.2 Å². The number of aliphatic hydroxyl groups excluding tert-OH is 1. The number of hydrogen-bond acceptors (Lipinski definition) is 10. The highest BCUT2D eigenvalue weighted by molar-refractivity contribution is 6.31. The molecule has 0 bridgehead atoms. The average molecular weight is 984 g/mol. The molecule has 372 valence electrons. The molecule has 0 unspecified atom stereocenters. The molecule has 1 aliphatic carbocycles. The summed E-state index contributed by atoms with van der Waals surface area (Å²) < 4.78 is 14.4. The molecule has 4 atom stereocenters. The van der Waals surface area contributed by atoms with Gasteiger partial charge in [-0.2, -0.15) is 5.26 Å². The van der Waals surface area contributed by atoms with Gasteiger partial charge in [0.15, 0.2) is 11.6 Å². The zero-order chi connectivity index (χ0) is 51.6. The zero-order valence-corrected chi connectivity index (χ0v) is 42.5. The van der Waals surface area contributed by atoms with E-state index in [1.807, 2.05) is 48.9 Å². The lowest BCUT2D eigenvalue weighted by molar-refractivity contribution is -0.196. The number of nitrogens with zero attached hydrogens (tertiary/aromatic N) is 4. The van der Waals surface area contributed by atoms with Crippen LogP contribution in [0.4, 0.5) is 0 Å². The van der Waals surface area contributed by atoms with Gasteiger partial charge in [-0.25, -0.2) is 4.98 Å². The van der Waals surface area contributed by atoms with Gasteiger partial charge >= 0.3 is 0 Å². The Bertz CT molecular complexity index is 2810. The predicted molar refractivity (Wildman–Crippen MR) is 269 cm³/mol. The average Bonchev–Trinajstić information content (AvgIpc) is 3.95. The quantitative estimate of drug-likeness (QED) is 0.0756. The maximum atomic E-state index is 14.2. The number of nitriles is 1. The molecule has 0 radical (unpaired) electrons. The van der Waals surface area contributed by atoms with Crippen LogP contribution in [-0.4, -0.2) is 79.7 Å². The molecular weight excluding hydrogens is 920 g/mol. The third-order valence-electron chi connectivity index (χ3n) is 14.2. The Morgan fingerprint density at radius 1 is 0.859 bits per heavy atom. The number of ether oxygens (including phenoxy) is 2. The van der Waals surface area contributed by atoms with E-state index in [2.05, 4.69) is 49.4 Å². The number of aliphatic hydroxyl groups is 1. The summed E-state index contributed by atoms with van der Waals surface area (Å²) in [5.74, 6) is 0.768. The number of aryl methyl sites for hydroxylation is 1. The predicted octanol–water partition coefficient (Wildman–Crippen LogP) is 9.53. The molecule has 3 N–H and O–H groups in total. The molecule has 7 rings (SSSR count). The summed E-state index contributed by atoms with van der Waals surface area (Å²) in [5, 5.41) is 26.1. The molecule has 2 fully saturated rings. The second kappa shape index (κ2) is 20.9. The van der Waals surface area contributed by atoms with Crippen LogP contribution in [-0.2, 0) is 14.4 Å². The number of Topliss-reactive ketones (excluding diaryl/α,β-unsaturated/α-hetero) is 2. The number of aromatic nitrogens is 2. The van der Waals surface area contributed by atoms with Crippen molar-refractivity contribution in [3.8, 4) is 29.0 Å². The second-order valence-corrected chi connectivity index (χ2v) is 21.5.